The van der Waals surface area contributed by atoms with Crippen LogP contribution in [0.2, 0.25) is 0 Å². The van der Waals surface area contributed by atoms with E-state index in [2.05, 4.69) is 0 Å². The fourth-order valence-electron chi connectivity index (χ4n) is 1.36. The number of hydrazine groups is 1. The molecule has 1 fully saturated rings. The molecule has 5 heteroatoms. The second kappa shape index (κ2) is 4.43. The number of rotatable bonds is 4. The average molecular weight is 222 g/mol. The topological polar surface area (TPSA) is 29.3 Å². The maximum absolute atomic E-state index is 12.3. The van der Waals surface area contributed by atoms with Crippen LogP contribution < -0.4 is 5.84 Å². The Kier molecular flexibility index (Phi) is 3.65. The van der Waals surface area contributed by atoms with Gasteiger partial charge in [-0.25, -0.2) is 5.84 Å². The monoisotopic (exact) mass is 222 g/mol. The molecule has 1 unspecified atom stereocenters. The lowest BCUT2D eigenvalue weighted by Crippen LogP contribution is -2.33. The molecule has 0 heterocycles. The van der Waals surface area contributed by atoms with E-state index in [0.717, 1.165) is 19.8 Å². The molecule has 1 saturated carbocycles. The molecule has 0 saturated heterocycles. The molecule has 0 aromatic carbocycles. The number of halogens is 3. The van der Waals surface area contributed by atoms with Crippen molar-refractivity contribution in [3.05, 3.63) is 11.8 Å². The van der Waals surface area contributed by atoms with Crippen LogP contribution in [-0.2, 0) is 0 Å². The molecule has 0 spiro atoms. The van der Waals surface area contributed by atoms with Crippen LogP contribution in [0.5, 0.6) is 0 Å². The van der Waals surface area contributed by atoms with E-state index in [-0.39, 0.29) is 6.04 Å². The fraction of sp³-hybridized carbons (Fsp3) is 0.800. The number of nitrogens with two attached hydrogens (primary N) is 1. The van der Waals surface area contributed by atoms with Gasteiger partial charge in [-0.2, -0.15) is 13.2 Å². The zero-order chi connectivity index (χ0) is 11.6. The van der Waals surface area contributed by atoms with Gasteiger partial charge in [0.15, 0.2) is 0 Å². The second-order valence-corrected chi connectivity index (χ2v) is 3.98. The van der Waals surface area contributed by atoms with Crippen molar-refractivity contribution in [3.8, 4) is 0 Å². The van der Waals surface area contributed by atoms with Gasteiger partial charge < -0.3 is 5.01 Å². The highest BCUT2D eigenvalue weighted by Gasteiger charge is 2.35. The average Bonchev–Trinajstić information content (AvgIpc) is 2.93. The Morgan fingerprint density at radius 2 is 2.07 bits per heavy atom. The number of allylic oxidation sites excluding steroid dienone is 2. The van der Waals surface area contributed by atoms with Crippen molar-refractivity contribution in [2.24, 2.45) is 11.8 Å². The van der Waals surface area contributed by atoms with Gasteiger partial charge in [0.25, 0.3) is 0 Å². The molecule has 0 bridgehead atoms. The third kappa shape index (κ3) is 3.41. The van der Waals surface area contributed by atoms with Crippen molar-refractivity contribution in [1.29, 1.82) is 0 Å². The molecule has 1 aliphatic rings. The van der Waals surface area contributed by atoms with Crippen LogP contribution in [0.15, 0.2) is 11.8 Å². The molecule has 1 rings (SSSR count). The zero-order valence-electron chi connectivity index (χ0n) is 9.01. The Balaban J connectivity index is 2.67. The van der Waals surface area contributed by atoms with E-state index in [9.17, 15) is 13.2 Å². The van der Waals surface area contributed by atoms with Gasteiger partial charge in [0.1, 0.15) is 0 Å². The van der Waals surface area contributed by atoms with Crippen LogP contribution in [0.3, 0.4) is 0 Å². The van der Waals surface area contributed by atoms with Crippen LogP contribution in [0.1, 0.15) is 33.1 Å². The van der Waals surface area contributed by atoms with Gasteiger partial charge in [-0.05, 0) is 19.3 Å². The predicted molar refractivity (Wildman–Crippen MR) is 52.6 cm³/mol. The Morgan fingerprint density at radius 1 is 1.53 bits per heavy atom. The maximum Gasteiger partial charge on any atom is 0.394 e. The SMILES string of the molecule is CC/C(=C/C(C)C(F)(F)F)N(N)C1CC1. The van der Waals surface area contributed by atoms with Crippen molar-refractivity contribution in [3.63, 3.8) is 0 Å². The van der Waals surface area contributed by atoms with E-state index in [1.807, 2.05) is 6.92 Å². The van der Waals surface area contributed by atoms with Crippen molar-refractivity contribution in [2.75, 3.05) is 0 Å². The molecule has 0 amide bonds. The van der Waals surface area contributed by atoms with E-state index in [1.165, 1.54) is 11.1 Å². The van der Waals surface area contributed by atoms with Gasteiger partial charge in [0.2, 0.25) is 0 Å². The summed E-state index contributed by atoms with van der Waals surface area (Å²) in [7, 11) is 0. The fourth-order valence-corrected chi connectivity index (χ4v) is 1.36. The van der Waals surface area contributed by atoms with Crippen LogP contribution in [0, 0.1) is 5.92 Å². The molecule has 0 aromatic heterocycles. The molecule has 88 valence electrons. The van der Waals surface area contributed by atoms with Gasteiger partial charge in [-0.3, -0.25) is 0 Å². The van der Waals surface area contributed by atoms with E-state index in [0.29, 0.717) is 12.1 Å². The smallest absolute Gasteiger partial charge is 0.312 e. The minimum atomic E-state index is -4.18. The van der Waals surface area contributed by atoms with Gasteiger partial charge in [0.05, 0.1) is 5.92 Å². The Labute approximate surface area is 87.9 Å². The normalized spacial score (nSPS) is 20.3. The Hall–Kier alpha value is -0.710. The lowest BCUT2D eigenvalue weighted by Gasteiger charge is -2.23. The van der Waals surface area contributed by atoms with Gasteiger partial charge in [-0.1, -0.05) is 19.9 Å². The van der Waals surface area contributed by atoms with Crippen LogP contribution in [-0.4, -0.2) is 17.2 Å². The van der Waals surface area contributed by atoms with Crippen molar-refractivity contribution in [2.45, 2.75) is 45.3 Å². The van der Waals surface area contributed by atoms with Crippen molar-refractivity contribution < 1.29 is 13.2 Å². The maximum atomic E-state index is 12.3. The number of hydrogen-bond donors (Lipinski definition) is 1. The molecule has 2 N–H and O–H groups in total. The minimum Gasteiger partial charge on any atom is -0.312 e. The lowest BCUT2D eigenvalue weighted by molar-refractivity contribution is -0.156. The number of hydrogen-bond acceptors (Lipinski definition) is 2. The molecular formula is C10H17F3N2. The minimum absolute atomic E-state index is 0.247. The van der Waals surface area contributed by atoms with Gasteiger partial charge in [-0.15, -0.1) is 0 Å². The molecule has 15 heavy (non-hydrogen) atoms. The molecule has 2 nitrogen and oxygen atoms in total. The van der Waals surface area contributed by atoms with E-state index >= 15 is 0 Å². The second-order valence-electron chi connectivity index (χ2n) is 3.98. The Morgan fingerprint density at radius 3 is 2.40 bits per heavy atom. The molecule has 0 radical (unpaired) electrons. The summed E-state index contributed by atoms with van der Waals surface area (Å²) in [6.07, 6.45) is -0.459. The first kappa shape index (κ1) is 12.4. The van der Waals surface area contributed by atoms with Gasteiger partial charge >= 0.3 is 6.18 Å². The first-order valence-electron chi connectivity index (χ1n) is 5.17. The quantitative estimate of drug-likeness (QED) is 0.585. The summed E-state index contributed by atoms with van der Waals surface area (Å²) in [5.74, 6) is 4.29. The van der Waals surface area contributed by atoms with E-state index < -0.39 is 12.1 Å². The molecule has 0 aliphatic heterocycles. The summed E-state index contributed by atoms with van der Waals surface area (Å²) in [4.78, 5) is 0. The molecule has 1 atom stereocenters. The summed E-state index contributed by atoms with van der Waals surface area (Å²) >= 11 is 0. The number of alkyl halides is 3. The summed E-state index contributed by atoms with van der Waals surface area (Å²) in [5.41, 5.74) is 0.585. The summed E-state index contributed by atoms with van der Waals surface area (Å²) < 4.78 is 37.0. The van der Waals surface area contributed by atoms with Crippen LogP contribution in [0.4, 0.5) is 13.2 Å². The third-order valence-electron chi connectivity index (χ3n) is 2.59. The van der Waals surface area contributed by atoms with Crippen molar-refractivity contribution in [1.82, 2.24) is 5.01 Å². The molecular weight excluding hydrogens is 205 g/mol. The summed E-state index contributed by atoms with van der Waals surface area (Å²) in [6.45, 7) is 2.97. The van der Waals surface area contributed by atoms with Crippen molar-refractivity contribution >= 4 is 0 Å². The lowest BCUT2D eigenvalue weighted by atomic mass is 10.1. The first-order chi connectivity index (χ1) is 6.86. The van der Waals surface area contributed by atoms with E-state index in [1.54, 1.807) is 0 Å². The third-order valence-corrected chi connectivity index (χ3v) is 2.59. The highest BCUT2D eigenvalue weighted by atomic mass is 19.4. The largest absolute Gasteiger partial charge is 0.394 e. The standard InChI is InChI=1S/C10H17F3N2/c1-3-8(15(14)9-4-5-9)6-7(2)10(11,12)13/h6-7,9H,3-5,14H2,1-2H3/b8-6-. The Bertz CT molecular complexity index is 244. The van der Waals surface area contributed by atoms with Crippen LogP contribution >= 0.6 is 0 Å². The summed E-state index contributed by atoms with van der Waals surface area (Å²) in [6, 6.07) is 0.247. The predicted octanol–water partition coefficient (Wildman–Crippen LogP) is 2.82. The number of nitrogens with zero attached hydrogens (tertiary/aromatic N) is 1. The van der Waals surface area contributed by atoms with Crippen LogP contribution in [0.25, 0.3) is 0 Å². The molecule has 1 aliphatic carbocycles. The summed E-state index contributed by atoms with van der Waals surface area (Å²) in [5, 5.41) is 1.49. The molecule has 0 aromatic rings. The van der Waals surface area contributed by atoms with E-state index in [4.69, 9.17) is 5.84 Å². The zero-order valence-corrected chi connectivity index (χ0v) is 9.01. The highest BCUT2D eigenvalue weighted by Crippen LogP contribution is 2.31. The van der Waals surface area contributed by atoms with Gasteiger partial charge in [0, 0.05) is 11.7 Å². The highest BCUT2D eigenvalue weighted by molar-refractivity contribution is 5.06. The first-order valence-corrected chi connectivity index (χ1v) is 5.17.